The summed E-state index contributed by atoms with van der Waals surface area (Å²) >= 11 is 3.47. The molecule has 0 unspecified atom stereocenters. The summed E-state index contributed by atoms with van der Waals surface area (Å²) in [5.74, 6) is 0.960. The van der Waals surface area contributed by atoms with E-state index in [1.54, 1.807) is 4.90 Å². The second-order valence-corrected chi connectivity index (χ2v) is 7.51. The Bertz CT molecular complexity index is 712. The summed E-state index contributed by atoms with van der Waals surface area (Å²) in [7, 11) is 1.85. The van der Waals surface area contributed by atoms with Gasteiger partial charge >= 0.3 is 0 Å². The maximum atomic E-state index is 13.4. The van der Waals surface area contributed by atoms with Crippen LogP contribution in [0.3, 0.4) is 0 Å². The van der Waals surface area contributed by atoms with Gasteiger partial charge in [0.25, 0.3) is 0 Å². The molecule has 0 saturated carbocycles. The number of ether oxygens (including phenoxy) is 2. The van der Waals surface area contributed by atoms with Gasteiger partial charge in [-0.15, -0.1) is 0 Å². The van der Waals surface area contributed by atoms with E-state index in [-0.39, 0.29) is 5.91 Å². The van der Waals surface area contributed by atoms with Crippen molar-refractivity contribution in [1.82, 2.24) is 4.90 Å². The lowest BCUT2D eigenvalue weighted by atomic mass is 9.73. The van der Waals surface area contributed by atoms with Crippen LogP contribution in [0.1, 0.15) is 18.4 Å². The van der Waals surface area contributed by atoms with E-state index < -0.39 is 5.41 Å². The second-order valence-electron chi connectivity index (χ2n) is 6.59. The van der Waals surface area contributed by atoms with E-state index in [0.29, 0.717) is 39.2 Å². The Morgan fingerprint density at radius 2 is 1.77 bits per heavy atom. The molecule has 1 saturated heterocycles. The molecule has 2 aromatic rings. The van der Waals surface area contributed by atoms with Gasteiger partial charge in [-0.05, 0) is 42.7 Å². The van der Waals surface area contributed by atoms with E-state index in [4.69, 9.17) is 9.47 Å². The Kier molecular flexibility index (Phi) is 6.33. The standard InChI is InChI=1S/C21H24BrNO3/c1-23(13-16-26-19-5-3-2-4-6-19)20(24)21(11-14-25-15-12-21)17-7-9-18(22)10-8-17/h2-10H,11-16H2,1H3. The minimum Gasteiger partial charge on any atom is -0.492 e. The summed E-state index contributed by atoms with van der Waals surface area (Å²) in [4.78, 5) is 15.1. The van der Waals surface area contributed by atoms with Crippen LogP contribution in [-0.2, 0) is 14.9 Å². The quantitative estimate of drug-likeness (QED) is 0.711. The number of benzene rings is 2. The summed E-state index contributed by atoms with van der Waals surface area (Å²) in [5, 5.41) is 0. The van der Waals surface area contributed by atoms with Gasteiger partial charge in [0.2, 0.25) is 5.91 Å². The smallest absolute Gasteiger partial charge is 0.233 e. The van der Waals surface area contributed by atoms with Crippen molar-refractivity contribution in [2.75, 3.05) is 33.4 Å². The highest BCUT2D eigenvalue weighted by Gasteiger charge is 2.43. The first kappa shape index (κ1) is 18.9. The van der Waals surface area contributed by atoms with Crippen LogP contribution in [0.4, 0.5) is 0 Å². The Balaban J connectivity index is 1.69. The first-order valence-corrected chi connectivity index (χ1v) is 9.68. The van der Waals surface area contributed by atoms with Gasteiger partial charge in [-0.3, -0.25) is 4.79 Å². The van der Waals surface area contributed by atoms with Gasteiger partial charge in [-0.2, -0.15) is 0 Å². The van der Waals surface area contributed by atoms with E-state index >= 15 is 0 Å². The average molecular weight is 418 g/mol. The van der Waals surface area contributed by atoms with Crippen LogP contribution in [0, 0.1) is 0 Å². The molecule has 0 radical (unpaired) electrons. The molecule has 0 bridgehead atoms. The third-order valence-corrected chi connectivity index (χ3v) is 5.47. The van der Waals surface area contributed by atoms with Crippen molar-refractivity contribution in [1.29, 1.82) is 0 Å². The SMILES string of the molecule is CN(CCOc1ccccc1)C(=O)C1(c2ccc(Br)cc2)CCOCC1. The number of rotatable bonds is 6. The summed E-state index contributed by atoms with van der Waals surface area (Å²) in [6.07, 6.45) is 1.41. The number of nitrogens with zero attached hydrogens (tertiary/aromatic N) is 1. The van der Waals surface area contributed by atoms with Crippen LogP contribution < -0.4 is 4.74 Å². The van der Waals surface area contributed by atoms with Crippen molar-refractivity contribution in [3.05, 3.63) is 64.6 Å². The molecule has 1 aliphatic rings. The van der Waals surface area contributed by atoms with Crippen molar-refractivity contribution in [3.63, 3.8) is 0 Å². The summed E-state index contributed by atoms with van der Waals surface area (Å²) < 4.78 is 12.3. The van der Waals surface area contributed by atoms with E-state index in [2.05, 4.69) is 15.9 Å². The van der Waals surface area contributed by atoms with Crippen LogP contribution in [-0.4, -0.2) is 44.2 Å². The van der Waals surface area contributed by atoms with E-state index in [9.17, 15) is 4.79 Å². The minimum absolute atomic E-state index is 0.139. The fraction of sp³-hybridized carbons (Fsp3) is 0.381. The van der Waals surface area contributed by atoms with Crippen LogP contribution in [0.15, 0.2) is 59.1 Å². The third-order valence-electron chi connectivity index (χ3n) is 4.94. The highest BCUT2D eigenvalue weighted by molar-refractivity contribution is 9.10. The lowest BCUT2D eigenvalue weighted by Gasteiger charge is -2.39. The molecule has 1 heterocycles. The molecular weight excluding hydrogens is 394 g/mol. The molecule has 1 aliphatic heterocycles. The predicted molar refractivity (Wildman–Crippen MR) is 105 cm³/mol. The van der Waals surface area contributed by atoms with Crippen LogP contribution in [0.25, 0.3) is 0 Å². The largest absolute Gasteiger partial charge is 0.492 e. The topological polar surface area (TPSA) is 38.8 Å². The average Bonchev–Trinajstić information content (AvgIpc) is 2.69. The van der Waals surface area contributed by atoms with Gasteiger partial charge in [-0.1, -0.05) is 46.3 Å². The first-order chi connectivity index (χ1) is 12.6. The van der Waals surface area contributed by atoms with Gasteiger partial charge in [0.15, 0.2) is 0 Å². The van der Waals surface area contributed by atoms with Crippen LogP contribution in [0.2, 0.25) is 0 Å². The maximum absolute atomic E-state index is 13.4. The zero-order valence-electron chi connectivity index (χ0n) is 15.0. The predicted octanol–water partition coefficient (Wildman–Crippen LogP) is 4.03. The van der Waals surface area contributed by atoms with Crippen molar-refractivity contribution in [2.24, 2.45) is 0 Å². The molecule has 3 rings (SSSR count). The number of likely N-dealkylation sites (N-methyl/N-ethyl adjacent to an activating group) is 1. The highest BCUT2D eigenvalue weighted by atomic mass is 79.9. The molecule has 1 fully saturated rings. The van der Waals surface area contributed by atoms with E-state index in [0.717, 1.165) is 15.8 Å². The second kappa shape index (κ2) is 8.69. The molecule has 26 heavy (non-hydrogen) atoms. The molecule has 138 valence electrons. The Labute approximate surface area is 163 Å². The monoisotopic (exact) mass is 417 g/mol. The van der Waals surface area contributed by atoms with Gasteiger partial charge in [0.1, 0.15) is 12.4 Å². The van der Waals surface area contributed by atoms with Gasteiger partial charge < -0.3 is 14.4 Å². The van der Waals surface area contributed by atoms with Gasteiger partial charge in [-0.25, -0.2) is 0 Å². The van der Waals surface area contributed by atoms with E-state index in [1.807, 2.05) is 61.6 Å². The number of hydrogen-bond acceptors (Lipinski definition) is 3. The number of carbonyl (C=O) groups is 1. The van der Waals surface area contributed by atoms with Crippen molar-refractivity contribution >= 4 is 21.8 Å². The number of amides is 1. The zero-order valence-corrected chi connectivity index (χ0v) is 16.6. The number of halogens is 1. The maximum Gasteiger partial charge on any atom is 0.233 e. The van der Waals surface area contributed by atoms with Gasteiger partial charge in [0, 0.05) is 24.7 Å². The molecule has 0 spiro atoms. The normalized spacial score (nSPS) is 16.1. The Hall–Kier alpha value is -1.85. The summed E-state index contributed by atoms with van der Waals surface area (Å²) in [6, 6.07) is 17.8. The number of carbonyl (C=O) groups excluding carboxylic acids is 1. The molecule has 0 N–H and O–H groups in total. The molecule has 2 aromatic carbocycles. The molecule has 0 aliphatic carbocycles. The molecule has 0 atom stereocenters. The van der Waals surface area contributed by atoms with Crippen molar-refractivity contribution in [2.45, 2.75) is 18.3 Å². The van der Waals surface area contributed by atoms with Crippen molar-refractivity contribution in [3.8, 4) is 5.75 Å². The fourth-order valence-electron chi connectivity index (χ4n) is 3.40. The number of hydrogen-bond donors (Lipinski definition) is 0. The zero-order chi connectivity index (χ0) is 18.4. The molecule has 5 heteroatoms. The molecular formula is C21H24BrNO3. The molecule has 4 nitrogen and oxygen atoms in total. The van der Waals surface area contributed by atoms with Crippen LogP contribution >= 0.6 is 15.9 Å². The van der Waals surface area contributed by atoms with Crippen molar-refractivity contribution < 1.29 is 14.3 Å². The van der Waals surface area contributed by atoms with Crippen LogP contribution in [0.5, 0.6) is 5.75 Å². The fourth-order valence-corrected chi connectivity index (χ4v) is 3.66. The number of para-hydroxylation sites is 1. The molecule has 0 aromatic heterocycles. The Morgan fingerprint density at radius 1 is 1.12 bits per heavy atom. The highest BCUT2D eigenvalue weighted by Crippen LogP contribution is 2.37. The lowest BCUT2D eigenvalue weighted by Crippen LogP contribution is -2.49. The lowest BCUT2D eigenvalue weighted by molar-refractivity contribution is -0.140. The third kappa shape index (κ3) is 4.27. The summed E-state index contributed by atoms with van der Waals surface area (Å²) in [6.45, 7) is 2.23. The summed E-state index contributed by atoms with van der Waals surface area (Å²) in [5.41, 5.74) is 0.547. The first-order valence-electron chi connectivity index (χ1n) is 8.89. The van der Waals surface area contributed by atoms with Gasteiger partial charge in [0.05, 0.1) is 12.0 Å². The van der Waals surface area contributed by atoms with E-state index in [1.165, 1.54) is 0 Å². The Morgan fingerprint density at radius 3 is 2.42 bits per heavy atom. The minimum atomic E-state index is -0.513. The molecule has 1 amide bonds.